The van der Waals surface area contributed by atoms with Gasteiger partial charge in [-0.05, 0) is 12.8 Å². The summed E-state index contributed by atoms with van der Waals surface area (Å²) in [4.78, 5) is 22.5. The van der Waals surface area contributed by atoms with Crippen LogP contribution >= 0.6 is 11.8 Å². The van der Waals surface area contributed by atoms with E-state index in [-0.39, 0.29) is 16.8 Å². The van der Waals surface area contributed by atoms with Gasteiger partial charge in [0, 0.05) is 6.54 Å². The molecule has 0 spiro atoms. The lowest BCUT2D eigenvalue weighted by Crippen LogP contribution is -2.26. The van der Waals surface area contributed by atoms with Crippen LogP contribution < -0.4 is 11.4 Å². The predicted molar refractivity (Wildman–Crippen MR) is 62.3 cm³/mol. The van der Waals surface area contributed by atoms with Crippen LogP contribution in [0.25, 0.3) is 0 Å². The van der Waals surface area contributed by atoms with Crippen LogP contribution in [0.4, 0.5) is 0 Å². The minimum atomic E-state index is -0.383. The first-order valence-corrected chi connectivity index (χ1v) is 6.09. The molecule has 0 fully saturated rings. The van der Waals surface area contributed by atoms with Crippen LogP contribution in [-0.4, -0.2) is 25.9 Å². The van der Waals surface area contributed by atoms with Gasteiger partial charge in [-0.3, -0.25) is 9.36 Å². The largest absolute Gasteiger partial charge is 0.369 e. The molecule has 16 heavy (non-hydrogen) atoms. The summed E-state index contributed by atoms with van der Waals surface area (Å²) in [5.74, 6) is -0.383. The molecule has 1 heterocycles. The van der Waals surface area contributed by atoms with Crippen LogP contribution in [0.3, 0.4) is 0 Å². The zero-order valence-corrected chi connectivity index (χ0v) is 10.2. The van der Waals surface area contributed by atoms with E-state index in [2.05, 4.69) is 10.2 Å². The number of thioether (sulfide) groups is 1. The van der Waals surface area contributed by atoms with E-state index in [9.17, 15) is 9.59 Å². The van der Waals surface area contributed by atoms with E-state index in [4.69, 9.17) is 5.73 Å². The Morgan fingerprint density at radius 1 is 1.62 bits per heavy atom. The molecular formula is C9H16N4O2S. The summed E-state index contributed by atoms with van der Waals surface area (Å²) < 4.78 is 1.52. The number of carbonyl (C=O) groups is 1. The van der Waals surface area contributed by atoms with Crippen molar-refractivity contribution in [2.75, 3.05) is 0 Å². The topological polar surface area (TPSA) is 93.8 Å². The Morgan fingerprint density at radius 3 is 2.81 bits per heavy atom. The molecule has 90 valence electrons. The molecule has 0 bridgehead atoms. The van der Waals surface area contributed by atoms with Crippen molar-refractivity contribution in [3.05, 3.63) is 10.5 Å². The Balaban J connectivity index is 2.87. The van der Waals surface area contributed by atoms with Gasteiger partial charge in [-0.15, -0.1) is 5.10 Å². The van der Waals surface area contributed by atoms with E-state index in [0.29, 0.717) is 18.1 Å². The molecule has 0 aromatic carbocycles. The van der Waals surface area contributed by atoms with Crippen molar-refractivity contribution in [1.29, 1.82) is 0 Å². The fourth-order valence-corrected chi connectivity index (χ4v) is 2.22. The van der Waals surface area contributed by atoms with Gasteiger partial charge in [0.15, 0.2) is 5.16 Å². The molecule has 1 rings (SSSR count). The van der Waals surface area contributed by atoms with Gasteiger partial charge in [0.05, 0.1) is 5.25 Å². The number of amides is 1. The molecule has 0 radical (unpaired) electrons. The molecule has 1 amide bonds. The molecule has 0 aliphatic rings. The summed E-state index contributed by atoms with van der Waals surface area (Å²) in [5, 5.41) is 6.44. The van der Waals surface area contributed by atoms with Gasteiger partial charge in [-0.25, -0.2) is 9.89 Å². The van der Waals surface area contributed by atoms with Gasteiger partial charge in [0.1, 0.15) is 0 Å². The number of H-pyrrole nitrogens is 1. The molecule has 0 saturated carbocycles. The number of nitrogens with one attached hydrogen (secondary N) is 1. The van der Waals surface area contributed by atoms with Crippen LogP contribution in [0.15, 0.2) is 9.95 Å². The Bertz CT molecular complexity index is 412. The highest BCUT2D eigenvalue weighted by Crippen LogP contribution is 2.22. The Kier molecular flexibility index (Phi) is 4.60. The Labute approximate surface area is 97.6 Å². The Hall–Kier alpha value is -1.24. The quantitative estimate of drug-likeness (QED) is 0.705. The second-order valence-electron chi connectivity index (χ2n) is 3.38. The molecule has 6 nitrogen and oxygen atoms in total. The van der Waals surface area contributed by atoms with Crippen LogP contribution in [0, 0.1) is 0 Å². The third-order valence-corrected chi connectivity index (χ3v) is 3.48. The summed E-state index contributed by atoms with van der Waals surface area (Å²) in [6, 6.07) is 0. The van der Waals surface area contributed by atoms with Crippen molar-refractivity contribution in [2.24, 2.45) is 5.73 Å². The van der Waals surface area contributed by atoms with Gasteiger partial charge in [0.2, 0.25) is 5.91 Å². The lowest BCUT2D eigenvalue weighted by molar-refractivity contribution is -0.117. The molecule has 7 heteroatoms. The predicted octanol–water partition coefficient (Wildman–Crippen LogP) is 0.337. The lowest BCUT2D eigenvalue weighted by Gasteiger charge is -2.09. The van der Waals surface area contributed by atoms with Crippen LogP contribution in [0.1, 0.15) is 26.7 Å². The first kappa shape index (κ1) is 12.8. The summed E-state index contributed by atoms with van der Waals surface area (Å²) in [6.07, 6.45) is 1.45. The summed E-state index contributed by atoms with van der Waals surface area (Å²) in [6.45, 7) is 4.43. The van der Waals surface area contributed by atoms with E-state index >= 15 is 0 Å². The third kappa shape index (κ3) is 2.88. The SMILES string of the molecule is CCCn1c(SC(CC)C(N)=O)n[nH]c1=O. The number of nitrogens with two attached hydrogens (primary N) is 1. The monoisotopic (exact) mass is 244 g/mol. The molecule has 1 unspecified atom stereocenters. The van der Waals surface area contributed by atoms with Crippen molar-refractivity contribution in [3.63, 3.8) is 0 Å². The smallest absolute Gasteiger partial charge is 0.343 e. The minimum Gasteiger partial charge on any atom is -0.369 e. The van der Waals surface area contributed by atoms with Crippen LogP contribution in [0.2, 0.25) is 0 Å². The number of hydrogen-bond acceptors (Lipinski definition) is 4. The number of rotatable bonds is 6. The highest BCUT2D eigenvalue weighted by molar-refractivity contribution is 8.00. The molecule has 0 aliphatic carbocycles. The molecule has 0 saturated heterocycles. The molecule has 0 aliphatic heterocycles. The van der Waals surface area contributed by atoms with Crippen molar-refractivity contribution in [3.8, 4) is 0 Å². The first-order chi connectivity index (χ1) is 7.60. The number of aromatic amines is 1. The first-order valence-electron chi connectivity index (χ1n) is 5.21. The van der Waals surface area contributed by atoms with E-state index in [1.807, 2.05) is 13.8 Å². The highest BCUT2D eigenvalue weighted by Gasteiger charge is 2.18. The maximum Gasteiger partial charge on any atom is 0.343 e. The van der Waals surface area contributed by atoms with E-state index < -0.39 is 0 Å². The van der Waals surface area contributed by atoms with E-state index in [1.54, 1.807) is 0 Å². The van der Waals surface area contributed by atoms with Crippen LogP contribution in [0.5, 0.6) is 0 Å². The van der Waals surface area contributed by atoms with E-state index in [1.165, 1.54) is 16.3 Å². The maximum atomic E-state index is 11.4. The normalized spacial score (nSPS) is 12.6. The van der Waals surface area contributed by atoms with Gasteiger partial charge < -0.3 is 5.73 Å². The van der Waals surface area contributed by atoms with Crippen molar-refractivity contribution in [1.82, 2.24) is 14.8 Å². The highest BCUT2D eigenvalue weighted by atomic mass is 32.2. The maximum absolute atomic E-state index is 11.4. The van der Waals surface area contributed by atoms with Crippen LogP contribution in [-0.2, 0) is 11.3 Å². The molecule has 1 aromatic heterocycles. The lowest BCUT2D eigenvalue weighted by atomic mass is 10.3. The number of primary amides is 1. The third-order valence-electron chi connectivity index (χ3n) is 2.11. The second kappa shape index (κ2) is 5.74. The van der Waals surface area contributed by atoms with Crippen molar-refractivity contribution in [2.45, 2.75) is 43.6 Å². The number of carbonyl (C=O) groups excluding carboxylic acids is 1. The zero-order chi connectivity index (χ0) is 12.1. The summed E-state index contributed by atoms with van der Waals surface area (Å²) in [7, 11) is 0. The van der Waals surface area contributed by atoms with E-state index in [0.717, 1.165) is 6.42 Å². The zero-order valence-electron chi connectivity index (χ0n) is 9.40. The average molecular weight is 244 g/mol. The van der Waals surface area contributed by atoms with Crippen molar-refractivity contribution >= 4 is 17.7 Å². The van der Waals surface area contributed by atoms with Crippen molar-refractivity contribution < 1.29 is 4.79 Å². The summed E-state index contributed by atoms with van der Waals surface area (Å²) in [5.41, 5.74) is 4.99. The molecular weight excluding hydrogens is 228 g/mol. The number of aromatic nitrogens is 3. The molecule has 1 atom stereocenters. The molecule has 3 N–H and O–H groups in total. The molecule has 1 aromatic rings. The minimum absolute atomic E-state index is 0.247. The number of hydrogen-bond donors (Lipinski definition) is 2. The van der Waals surface area contributed by atoms with Gasteiger partial charge >= 0.3 is 5.69 Å². The fraction of sp³-hybridized carbons (Fsp3) is 0.667. The second-order valence-corrected chi connectivity index (χ2v) is 4.55. The number of nitrogens with zero attached hydrogens (tertiary/aromatic N) is 2. The van der Waals surface area contributed by atoms with Gasteiger partial charge in [-0.1, -0.05) is 25.6 Å². The van der Waals surface area contributed by atoms with Gasteiger partial charge in [-0.2, -0.15) is 0 Å². The van der Waals surface area contributed by atoms with Gasteiger partial charge in [0.25, 0.3) is 0 Å². The Morgan fingerprint density at radius 2 is 2.31 bits per heavy atom. The standard InChI is InChI=1S/C9H16N4O2S/c1-3-5-13-8(15)11-12-9(13)16-6(4-2)7(10)14/h6H,3-5H2,1-2H3,(H2,10,14)(H,11,15). The summed E-state index contributed by atoms with van der Waals surface area (Å²) >= 11 is 1.23. The average Bonchev–Trinajstić information content (AvgIpc) is 2.57. The fourth-order valence-electron chi connectivity index (χ4n) is 1.28.